The summed E-state index contributed by atoms with van der Waals surface area (Å²) < 4.78 is 63.2. The molecule has 3 aliphatic heterocycles. The Morgan fingerprint density at radius 2 is 1.47 bits per heavy atom. The fourth-order valence-electron chi connectivity index (χ4n) is 5.77. The number of nitrogens with zero attached hydrogens (tertiary/aromatic N) is 8. The average molecular weight is 698 g/mol. The van der Waals surface area contributed by atoms with Gasteiger partial charge in [0.25, 0.3) is 5.56 Å². The molecule has 0 radical (unpaired) electrons. The smallest absolute Gasteiger partial charge is 0.387 e. The van der Waals surface area contributed by atoms with E-state index in [2.05, 4.69) is 29.9 Å². The summed E-state index contributed by atoms with van der Waals surface area (Å²) in [4.78, 5) is 56.8. The van der Waals surface area contributed by atoms with Crippen molar-refractivity contribution in [3.05, 3.63) is 41.7 Å². The lowest BCUT2D eigenvalue weighted by atomic mass is 10.1. The van der Waals surface area contributed by atoms with E-state index in [1.165, 1.54) is 17.2 Å². The Labute approximate surface area is 259 Å². The number of phosphoric acid groups is 2. The lowest BCUT2D eigenvalue weighted by Gasteiger charge is -2.25. The van der Waals surface area contributed by atoms with E-state index >= 15 is 0 Å². The fraction of sp³-hybridized carbons (Fsp3) is 0.455. The average Bonchev–Trinajstić information content (AvgIpc) is 3.83. The van der Waals surface area contributed by atoms with Crippen molar-refractivity contribution in [3.8, 4) is 0 Å². The van der Waals surface area contributed by atoms with E-state index in [4.69, 9.17) is 33.3 Å². The van der Waals surface area contributed by atoms with Crippen LogP contribution in [0.1, 0.15) is 12.5 Å². The molecular weight excluding hydrogens is 674 g/mol. The number of rotatable bonds is 2. The zero-order valence-electron chi connectivity index (χ0n) is 23.4. The number of aromatic amines is 1. The van der Waals surface area contributed by atoms with E-state index in [0.29, 0.717) is 11.2 Å². The summed E-state index contributed by atoms with van der Waals surface area (Å²) in [5.41, 5.74) is 5.73. The van der Waals surface area contributed by atoms with Gasteiger partial charge < -0.3 is 35.2 Å². The number of imidazole rings is 3. The first-order valence-electron chi connectivity index (χ1n) is 13.7. The minimum Gasteiger partial charge on any atom is -0.387 e. The number of aliphatic hydroxyl groups excluding tert-OH is 2. The maximum Gasteiger partial charge on any atom is 0.472 e. The molecule has 47 heavy (non-hydrogen) atoms. The predicted octanol–water partition coefficient (Wildman–Crippen LogP) is -1.67. The molecular formula is C22H24N10O13P2. The van der Waals surface area contributed by atoms with Crippen LogP contribution in [-0.2, 0) is 36.7 Å². The van der Waals surface area contributed by atoms with E-state index in [1.807, 2.05) is 0 Å². The van der Waals surface area contributed by atoms with E-state index in [0.717, 1.165) is 10.9 Å². The van der Waals surface area contributed by atoms with Crippen LogP contribution in [0.3, 0.4) is 0 Å². The van der Waals surface area contributed by atoms with Crippen LogP contribution >= 0.6 is 15.6 Å². The van der Waals surface area contributed by atoms with Crippen molar-refractivity contribution >= 4 is 49.6 Å². The molecule has 5 aromatic rings. The van der Waals surface area contributed by atoms with Crippen molar-refractivity contribution < 1.29 is 56.7 Å². The fourth-order valence-corrected chi connectivity index (χ4v) is 7.67. The second-order valence-corrected chi connectivity index (χ2v) is 13.6. The summed E-state index contributed by atoms with van der Waals surface area (Å²) in [7, 11) is -10.2. The highest BCUT2D eigenvalue weighted by Gasteiger charge is 2.54. The first kappa shape index (κ1) is 30.6. The number of aliphatic hydroxyl groups is 2. The number of ether oxygens (including phenoxy) is 2. The SMILES string of the molecule is Nc1nc2c(ncn2[C@@H]2O[C@@H]3COP(=O)(O)O[C@H]4[C@@H](O)[C@H](n5cnc6c5ncn5ccnc65)O[C@@H]4COP(=O)(O)O[C@@H]2[C@@H]3O)c(=O)[nH]1. The Hall–Kier alpha value is -3.70. The highest BCUT2D eigenvalue weighted by molar-refractivity contribution is 7.47. The molecule has 0 aliphatic carbocycles. The lowest BCUT2D eigenvalue weighted by Crippen LogP contribution is -2.36. The maximum atomic E-state index is 13.3. The number of nitrogens with two attached hydrogens (primary N) is 1. The Balaban J connectivity index is 1.11. The van der Waals surface area contributed by atoms with Crippen molar-refractivity contribution in [1.29, 1.82) is 0 Å². The largest absolute Gasteiger partial charge is 0.472 e. The number of hydrogen-bond donors (Lipinski definition) is 6. The number of aromatic nitrogens is 9. The third-order valence-electron chi connectivity index (χ3n) is 7.89. The predicted molar refractivity (Wildman–Crippen MR) is 150 cm³/mol. The summed E-state index contributed by atoms with van der Waals surface area (Å²) in [6.45, 7) is -1.63. The van der Waals surface area contributed by atoms with Crippen LogP contribution in [0.25, 0.3) is 28.0 Å². The molecule has 3 saturated heterocycles. The van der Waals surface area contributed by atoms with Crippen molar-refractivity contribution in [2.24, 2.45) is 0 Å². The maximum absolute atomic E-state index is 13.3. The molecule has 2 unspecified atom stereocenters. The van der Waals surface area contributed by atoms with Crippen LogP contribution < -0.4 is 11.3 Å². The third-order valence-corrected chi connectivity index (χ3v) is 9.86. The van der Waals surface area contributed by atoms with Crippen LogP contribution in [0.2, 0.25) is 0 Å². The standard InChI is InChI=1S/C22H24N10O13P2/c23-22-28-18-11(19(35)29-22)26-7-32(18)21-15-12(33)8(42-21)3-40-46(36,37)44-14-9(4-41-47(38,39)45-15)43-20(13(14)34)31-6-25-10-16-24-1-2-30(16)5-27-17(10)31/h1-2,5-9,12-15,20-21,33-34H,3-4H2,(H,36,37)(H,38,39)(H3,23,28,29,35)/t8-,9-,12-,13-,14-,15-,20-,21-/m1/s1. The number of H-pyrrole nitrogens is 1. The van der Waals surface area contributed by atoms with Crippen molar-refractivity contribution in [3.63, 3.8) is 0 Å². The summed E-state index contributed by atoms with van der Waals surface area (Å²) in [6, 6.07) is 0. The van der Waals surface area contributed by atoms with Crippen LogP contribution in [0.4, 0.5) is 5.95 Å². The minimum absolute atomic E-state index is 0.123. The summed E-state index contributed by atoms with van der Waals surface area (Å²) in [6.07, 6.45) is -5.51. The number of nitrogens with one attached hydrogen (secondary N) is 1. The van der Waals surface area contributed by atoms with Gasteiger partial charge in [0.15, 0.2) is 40.4 Å². The molecule has 23 nitrogen and oxygen atoms in total. The Bertz CT molecular complexity index is 2170. The van der Waals surface area contributed by atoms with Gasteiger partial charge in [-0.3, -0.25) is 41.4 Å². The second-order valence-electron chi connectivity index (χ2n) is 10.8. The van der Waals surface area contributed by atoms with E-state index in [9.17, 15) is 33.9 Å². The molecule has 0 saturated carbocycles. The molecule has 0 spiro atoms. The Morgan fingerprint density at radius 1 is 0.809 bits per heavy atom. The summed E-state index contributed by atoms with van der Waals surface area (Å²) in [5.74, 6) is -0.280. The minimum atomic E-state index is -5.11. The van der Waals surface area contributed by atoms with Crippen LogP contribution in [-0.4, -0.2) is 113 Å². The van der Waals surface area contributed by atoms with Gasteiger partial charge in [-0.25, -0.2) is 29.1 Å². The highest BCUT2D eigenvalue weighted by Crippen LogP contribution is 2.53. The Morgan fingerprint density at radius 3 is 2.23 bits per heavy atom. The van der Waals surface area contributed by atoms with Gasteiger partial charge in [0.1, 0.15) is 43.0 Å². The number of phosphoric ester groups is 2. The molecule has 7 N–H and O–H groups in total. The number of hydrogen-bond acceptors (Lipinski definition) is 17. The van der Waals surface area contributed by atoms with Crippen LogP contribution in [0.5, 0.6) is 0 Å². The molecule has 250 valence electrons. The van der Waals surface area contributed by atoms with Gasteiger partial charge in [-0.2, -0.15) is 4.98 Å². The van der Waals surface area contributed by atoms with Crippen molar-refractivity contribution in [2.45, 2.75) is 49.1 Å². The normalized spacial score (nSPS) is 36.8. The first-order valence-corrected chi connectivity index (χ1v) is 16.7. The van der Waals surface area contributed by atoms with Crippen molar-refractivity contribution in [2.75, 3.05) is 18.9 Å². The number of fused-ring (bicyclic) bond motifs is 7. The van der Waals surface area contributed by atoms with E-state index in [-0.39, 0.29) is 22.8 Å². The third kappa shape index (κ3) is 5.17. The van der Waals surface area contributed by atoms with Crippen molar-refractivity contribution in [1.82, 2.24) is 43.4 Å². The zero-order chi connectivity index (χ0) is 32.8. The molecule has 3 aliphatic rings. The monoisotopic (exact) mass is 698 g/mol. The van der Waals surface area contributed by atoms with Gasteiger partial charge in [0.2, 0.25) is 5.95 Å². The van der Waals surface area contributed by atoms with Gasteiger partial charge in [-0.15, -0.1) is 0 Å². The Kier molecular flexibility index (Phi) is 7.11. The quantitative estimate of drug-likeness (QED) is 0.112. The first-order chi connectivity index (χ1) is 22.4. The molecule has 0 aromatic carbocycles. The van der Waals surface area contributed by atoms with Crippen LogP contribution in [0.15, 0.2) is 36.2 Å². The molecule has 5 aromatic heterocycles. The molecule has 0 amide bonds. The summed E-state index contributed by atoms with van der Waals surface area (Å²) in [5, 5.41) is 22.3. The molecule has 25 heteroatoms. The molecule has 8 heterocycles. The molecule has 10 atom stereocenters. The van der Waals surface area contributed by atoms with E-state index in [1.54, 1.807) is 16.8 Å². The summed E-state index contributed by atoms with van der Waals surface area (Å²) >= 11 is 0. The zero-order valence-corrected chi connectivity index (χ0v) is 25.2. The topological polar surface area (TPSA) is 308 Å². The lowest BCUT2D eigenvalue weighted by molar-refractivity contribution is -0.0672. The molecule has 2 bridgehead atoms. The van der Waals surface area contributed by atoms with Gasteiger partial charge in [-0.1, -0.05) is 0 Å². The van der Waals surface area contributed by atoms with Gasteiger partial charge in [0.05, 0.1) is 25.9 Å². The number of nitrogen functional groups attached to an aromatic ring is 1. The van der Waals surface area contributed by atoms with E-state index < -0.39 is 83.5 Å². The number of anilines is 1. The van der Waals surface area contributed by atoms with Gasteiger partial charge in [-0.05, 0) is 0 Å². The van der Waals surface area contributed by atoms with Gasteiger partial charge >= 0.3 is 15.6 Å². The van der Waals surface area contributed by atoms with Crippen LogP contribution in [0, 0.1) is 0 Å². The highest BCUT2D eigenvalue weighted by atomic mass is 31.2. The molecule has 3 fully saturated rings. The van der Waals surface area contributed by atoms with Gasteiger partial charge in [0, 0.05) is 12.4 Å². The second kappa shape index (κ2) is 10.9. The molecule has 8 rings (SSSR count).